The summed E-state index contributed by atoms with van der Waals surface area (Å²) in [5.74, 6) is 0.0129. The van der Waals surface area contributed by atoms with Crippen LogP contribution in [0, 0.1) is 13.8 Å². The van der Waals surface area contributed by atoms with Crippen molar-refractivity contribution in [3.8, 4) is 0 Å². The molecule has 0 radical (unpaired) electrons. The monoisotopic (exact) mass is 339 g/mol. The van der Waals surface area contributed by atoms with Gasteiger partial charge in [0.25, 0.3) is 0 Å². The quantitative estimate of drug-likeness (QED) is 0.885. The molecule has 0 bridgehead atoms. The van der Waals surface area contributed by atoms with E-state index in [2.05, 4.69) is 10.3 Å². The average Bonchev–Trinajstić information content (AvgIpc) is 2.87. The lowest BCUT2D eigenvalue weighted by atomic mass is 9.98. The maximum absolute atomic E-state index is 12.0. The van der Waals surface area contributed by atoms with E-state index in [1.54, 1.807) is 11.3 Å². The van der Waals surface area contributed by atoms with Crippen LogP contribution >= 0.6 is 36.2 Å². The van der Waals surface area contributed by atoms with Gasteiger partial charge in [-0.15, -0.1) is 36.2 Å². The third-order valence-corrected chi connectivity index (χ3v) is 4.72. The third-order valence-electron chi connectivity index (χ3n) is 3.59. The van der Waals surface area contributed by atoms with Crippen LogP contribution in [0.15, 0.2) is 0 Å². The third kappa shape index (κ3) is 4.58. The Hall–Kier alpha value is -0.360. The van der Waals surface area contributed by atoms with Gasteiger partial charge in [-0.3, -0.25) is 4.79 Å². The second-order valence-corrected chi connectivity index (χ2v) is 6.40. The number of hydrogen-bond donors (Lipinski definition) is 2. The number of hydrogen-bond acceptors (Lipinski definition) is 4. The van der Waals surface area contributed by atoms with Gasteiger partial charge in [0.05, 0.1) is 16.2 Å². The second-order valence-electron chi connectivity index (χ2n) is 5.11. The lowest BCUT2D eigenvalue weighted by Gasteiger charge is -2.22. The lowest BCUT2D eigenvalue weighted by molar-refractivity contribution is -0.126. The number of thiazole rings is 1. The molecule has 0 aliphatic heterocycles. The first-order chi connectivity index (χ1) is 8.51. The highest BCUT2D eigenvalue weighted by molar-refractivity contribution is 7.11. The molecule has 2 rings (SSSR count). The highest BCUT2D eigenvalue weighted by Gasteiger charge is 2.36. The number of aromatic nitrogens is 1. The molecule has 0 atom stereocenters. The predicted molar refractivity (Wildman–Crippen MR) is 88.2 cm³/mol. The van der Waals surface area contributed by atoms with Gasteiger partial charge in [-0.1, -0.05) is 12.8 Å². The molecule has 1 aromatic rings. The SMILES string of the molecule is Cc1nc(C)c(CCNC(=O)C2(N)CCCC2)s1.Cl.Cl. The van der Waals surface area contributed by atoms with Crippen LogP contribution in [0.3, 0.4) is 0 Å². The van der Waals surface area contributed by atoms with Gasteiger partial charge in [-0.05, 0) is 26.7 Å². The van der Waals surface area contributed by atoms with E-state index in [9.17, 15) is 4.79 Å². The molecule has 116 valence electrons. The lowest BCUT2D eigenvalue weighted by Crippen LogP contribution is -2.52. The molecule has 20 heavy (non-hydrogen) atoms. The summed E-state index contributed by atoms with van der Waals surface area (Å²) in [5, 5.41) is 4.05. The number of nitrogens with one attached hydrogen (secondary N) is 1. The van der Waals surface area contributed by atoms with E-state index in [0.29, 0.717) is 6.54 Å². The van der Waals surface area contributed by atoms with Crippen molar-refractivity contribution in [1.29, 1.82) is 0 Å². The van der Waals surface area contributed by atoms with Gasteiger partial charge in [0.2, 0.25) is 5.91 Å². The molecule has 1 heterocycles. The molecule has 0 saturated heterocycles. The maximum atomic E-state index is 12.0. The molecular formula is C13H23Cl2N3OS. The average molecular weight is 340 g/mol. The number of halogens is 2. The minimum Gasteiger partial charge on any atom is -0.354 e. The summed E-state index contributed by atoms with van der Waals surface area (Å²) in [6.45, 7) is 4.68. The Bertz CT molecular complexity index is 445. The van der Waals surface area contributed by atoms with Gasteiger partial charge in [-0.2, -0.15) is 0 Å². The van der Waals surface area contributed by atoms with Crippen LogP contribution < -0.4 is 11.1 Å². The minimum absolute atomic E-state index is 0. The molecule has 3 N–H and O–H groups in total. The molecule has 1 saturated carbocycles. The second kappa shape index (κ2) is 8.17. The minimum atomic E-state index is -0.612. The molecule has 1 fully saturated rings. The van der Waals surface area contributed by atoms with Gasteiger partial charge >= 0.3 is 0 Å². The van der Waals surface area contributed by atoms with Crippen molar-refractivity contribution in [1.82, 2.24) is 10.3 Å². The van der Waals surface area contributed by atoms with Crippen LogP contribution in [0.25, 0.3) is 0 Å². The predicted octanol–water partition coefficient (Wildman–Crippen LogP) is 2.53. The Balaban J connectivity index is 0.00000180. The van der Waals surface area contributed by atoms with E-state index in [4.69, 9.17) is 5.73 Å². The summed E-state index contributed by atoms with van der Waals surface area (Å²) < 4.78 is 0. The zero-order valence-electron chi connectivity index (χ0n) is 11.9. The molecule has 1 aromatic heterocycles. The highest BCUT2D eigenvalue weighted by atomic mass is 35.5. The van der Waals surface area contributed by atoms with Gasteiger partial charge in [0, 0.05) is 17.8 Å². The van der Waals surface area contributed by atoms with Gasteiger partial charge in [-0.25, -0.2) is 4.98 Å². The van der Waals surface area contributed by atoms with Crippen LogP contribution in [0.5, 0.6) is 0 Å². The summed E-state index contributed by atoms with van der Waals surface area (Å²) >= 11 is 1.70. The van der Waals surface area contributed by atoms with Crippen LogP contribution in [0.1, 0.15) is 41.3 Å². The van der Waals surface area contributed by atoms with Crippen LogP contribution in [0.4, 0.5) is 0 Å². The Morgan fingerprint density at radius 1 is 1.35 bits per heavy atom. The first-order valence-corrected chi connectivity index (χ1v) is 7.33. The van der Waals surface area contributed by atoms with Crippen molar-refractivity contribution in [2.45, 2.75) is 51.5 Å². The summed E-state index contributed by atoms with van der Waals surface area (Å²) in [6, 6.07) is 0. The van der Waals surface area contributed by atoms with Crippen molar-refractivity contribution in [2.75, 3.05) is 6.54 Å². The number of nitrogens with two attached hydrogens (primary N) is 1. The van der Waals surface area contributed by atoms with Gasteiger partial charge < -0.3 is 11.1 Å². The van der Waals surface area contributed by atoms with Crippen molar-refractivity contribution >= 4 is 42.1 Å². The summed E-state index contributed by atoms with van der Waals surface area (Å²) in [5.41, 5.74) is 6.56. The summed E-state index contributed by atoms with van der Waals surface area (Å²) in [4.78, 5) is 17.6. The number of carbonyl (C=O) groups is 1. The first-order valence-electron chi connectivity index (χ1n) is 6.51. The van der Waals surface area contributed by atoms with Gasteiger partial charge in [0.1, 0.15) is 0 Å². The summed E-state index contributed by atoms with van der Waals surface area (Å²) in [6.07, 6.45) is 4.61. The molecule has 4 nitrogen and oxygen atoms in total. The fraction of sp³-hybridized carbons (Fsp3) is 0.692. The zero-order chi connectivity index (χ0) is 13.2. The van der Waals surface area contributed by atoms with E-state index in [1.807, 2.05) is 13.8 Å². The largest absolute Gasteiger partial charge is 0.354 e. The fourth-order valence-corrected chi connectivity index (χ4v) is 3.44. The van der Waals surface area contributed by atoms with Crippen LogP contribution in [-0.4, -0.2) is 23.0 Å². The van der Waals surface area contributed by atoms with Crippen molar-refractivity contribution in [2.24, 2.45) is 5.73 Å². The maximum Gasteiger partial charge on any atom is 0.240 e. The zero-order valence-corrected chi connectivity index (χ0v) is 14.3. The topological polar surface area (TPSA) is 68.0 Å². The molecule has 7 heteroatoms. The normalized spacial score (nSPS) is 16.1. The molecule has 1 aliphatic rings. The Kier molecular flexibility index (Phi) is 8.03. The number of nitrogens with zero attached hydrogens (tertiary/aromatic N) is 1. The molecular weight excluding hydrogens is 317 g/mol. The van der Waals surface area contributed by atoms with Gasteiger partial charge in [0.15, 0.2) is 0 Å². The van der Waals surface area contributed by atoms with E-state index in [1.165, 1.54) is 4.88 Å². The Labute approximate surface area is 136 Å². The Morgan fingerprint density at radius 3 is 2.45 bits per heavy atom. The van der Waals surface area contributed by atoms with E-state index in [0.717, 1.165) is 42.8 Å². The molecule has 1 amide bonds. The molecule has 0 spiro atoms. The Morgan fingerprint density at radius 2 is 1.95 bits per heavy atom. The fourth-order valence-electron chi connectivity index (χ4n) is 2.50. The van der Waals surface area contributed by atoms with E-state index in [-0.39, 0.29) is 30.7 Å². The van der Waals surface area contributed by atoms with Crippen LogP contribution in [0.2, 0.25) is 0 Å². The smallest absolute Gasteiger partial charge is 0.240 e. The number of carbonyl (C=O) groups excluding carboxylic acids is 1. The number of amides is 1. The molecule has 1 aliphatic carbocycles. The molecule has 0 unspecified atom stereocenters. The molecule has 0 aromatic carbocycles. The standard InChI is InChI=1S/C13H21N3OS.2ClH/c1-9-11(18-10(2)16-9)5-8-15-12(17)13(14)6-3-4-7-13;;/h3-8,14H2,1-2H3,(H,15,17);2*1H. The van der Waals surface area contributed by atoms with Crippen molar-refractivity contribution in [3.05, 3.63) is 15.6 Å². The van der Waals surface area contributed by atoms with E-state index < -0.39 is 5.54 Å². The van der Waals surface area contributed by atoms with Crippen molar-refractivity contribution in [3.63, 3.8) is 0 Å². The van der Waals surface area contributed by atoms with Crippen molar-refractivity contribution < 1.29 is 4.79 Å². The summed E-state index contributed by atoms with van der Waals surface area (Å²) in [7, 11) is 0. The number of rotatable bonds is 4. The number of aryl methyl sites for hydroxylation is 2. The highest BCUT2D eigenvalue weighted by Crippen LogP contribution is 2.27. The van der Waals surface area contributed by atoms with E-state index >= 15 is 0 Å². The van der Waals surface area contributed by atoms with Crippen LogP contribution in [-0.2, 0) is 11.2 Å². The first kappa shape index (κ1) is 19.6.